The predicted molar refractivity (Wildman–Crippen MR) is 90.8 cm³/mol. The lowest BCUT2D eigenvalue weighted by molar-refractivity contribution is -0.110. The van der Waals surface area contributed by atoms with Gasteiger partial charge in [0.1, 0.15) is 12.8 Å². The maximum absolute atomic E-state index is 13.5. The number of anilines is 1. The Kier molecular flexibility index (Phi) is 5.89. The molecule has 0 radical (unpaired) electrons. The Bertz CT molecular complexity index is 760. The maximum Gasteiger partial charge on any atom is 0.270 e. The second kappa shape index (κ2) is 8.10. The minimum atomic E-state index is -0.477. The molecule has 0 aliphatic heterocycles. The fraction of sp³-hybridized carbons (Fsp3) is 0.222. The van der Waals surface area contributed by atoms with E-state index < -0.39 is 11.7 Å². The third-order valence-corrected chi connectivity index (χ3v) is 3.33. The van der Waals surface area contributed by atoms with Gasteiger partial charge in [-0.25, -0.2) is 4.39 Å². The monoisotopic (exact) mass is 330 g/mol. The van der Waals surface area contributed by atoms with E-state index in [0.29, 0.717) is 11.3 Å². The third kappa shape index (κ3) is 4.81. The molecule has 24 heavy (non-hydrogen) atoms. The van der Waals surface area contributed by atoms with Gasteiger partial charge in [-0.1, -0.05) is 28.9 Å². The van der Waals surface area contributed by atoms with Crippen LogP contribution in [-0.2, 0) is 16.2 Å². The quantitative estimate of drug-likeness (QED) is 0.650. The van der Waals surface area contributed by atoms with Gasteiger partial charge >= 0.3 is 0 Å². The van der Waals surface area contributed by atoms with Crippen molar-refractivity contribution in [3.05, 3.63) is 58.9 Å². The van der Waals surface area contributed by atoms with Crippen molar-refractivity contribution < 1.29 is 18.8 Å². The number of nitrogens with zero attached hydrogens (tertiary/aromatic N) is 1. The van der Waals surface area contributed by atoms with E-state index in [9.17, 15) is 9.18 Å². The number of amides is 1. The Labute approximate surface area is 140 Å². The van der Waals surface area contributed by atoms with Crippen molar-refractivity contribution in [2.45, 2.75) is 20.5 Å². The molecule has 126 valence electrons. The van der Waals surface area contributed by atoms with Crippen molar-refractivity contribution in [2.24, 2.45) is 5.16 Å². The lowest BCUT2D eigenvalue weighted by atomic mass is 10.1. The Hall–Kier alpha value is -2.89. The van der Waals surface area contributed by atoms with E-state index in [1.165, 1.54) is 19.2 Å². The lowest BCUT2D eigenvalue weighted by Gasteiger charge is -2.07. The molecule has 0 heterocycles. The average molecular weight is 330 g/mol. The smallest absolute Gasteiger partial charge is 0.270 e. The highest BCUT2D eigenvalue weighted by Gasteiger charge is 2.04. The molecule has 0 atom stereocenters. The van der Waals surface area contributed by atoms with Crippen LogP contribution in [0.15, 0.2) is 41.6 Å². The van der Waals surface area contributed by atoms with Crippen LogP contribution in [0.4, 0.5) is 10.1 Å². The summed E-state index contributed by atoms with van der Waals surface area (Å²) < 4.78 is 18.3. The fourth-order valence-electron chi connectivity index (χ4n) is 2.12. The summed E-state index contributed by atoms with van der Waals surface area (Å²) in [5, 5.41) is 6.31. The van der Waals surface area contributed by atoms with Crippen molar-refractivity contribution in [1.82, 2.24) is 0 Å². The van der Waals surface area contributed by atoms with Gasteiger partial charge in [0, 0.05) is 5.69 Å². The number of carbonyl (C=O) groups excluding carboxylic acids is 1. The molecule has 0 bridgehead atoms. The topological polar surface area (TPSA) is 59.9 Å². The lowest BCUT2D eigenvalue weighted by Crippen LogP contribution is -2.13. The Morgan fingerprint density at radius 3 is 2.71 bits per heavy atom. The minimum Gasteiger partial charge on any atom is -0.494 e. The zero-order chi connectivity index (χ0) is 17.5. The van der Waals surface area contributed by atoms with Crippen molar-refractivity contribution in [3.63, 3.8) is 0 Å². The zero-order valence-electron chi connectivity index (χ0n) is 13.8. The van der Waals surface area contributed by atoms with Gasteiger partial charge in [-0.3, -0.25) is 4.79 Å². The Balaban J connectivity index is 1.85. The van der Waals surface area contributed by atoms with Gasteiger partial charge < -0.3 is 14.9 Å². The molecule has 0 spiro atoms. The number of ether oxygens (including phenoxy) is 1. The molecule has 0 aromatic heterocycles. The van der Waals surface area contributed by atoms with Gasteiger partial charge in [0.05, 0.1) is 7.11 Å². The molecule has 2 aromatic rings. The molecule has 0 aliphatic rings. The molecule has 6 heteroatoms. The van der Waals surface area contributed by atoms with Gasteiger partial charge in [-0.2, -0.15) is 0 Å². The summed E-state index contributed by atoms with van der Waals surface area (Å²) in [7, 11) is 1.40. The maximum atomic E-state index is 13.5. The first-order valence-corrected chi connectivity index (χ1v) is 7.35. The number of hydrogen-bond acceptors (Lipinski definition) is 4. The summed E-state index contributed by atoms with van der Waals surface area (Å²) in [6.07, 6.45) is 1.04. The van der Waals surface area contributed by atoms with Crippen molar-refractivity contribution in [3.8, 4) is 5.75 Å². The molecule has 0 saturated carbocycles. The Morgan fingerprint density at radius 1 is 1.25 bits per heavy atom. The molecule has 0 aliphatic carbocycles. The normalized spacial score (nSPS) is 10.7. The highest BCUT2D eigenvalue weighted by atomic mass is 19.1. The van der Waals surface area contributed by atoms with E-state index in [4.69, 9.17) is 9.57 Å². The number of nitrogens with one attached hydrogen (secondary N) is 1. The molecular formula is C18H19FN2O3. The second-order valence-corrected chi connectivity index (χ2v) is 5.28. The number of hydrogen-bond donors (Lipinski definition) is 1. The second-order valence-electron chi connectivity index (χ2n) is 5.28. The SMILES string of the molecule is COc1ccc(CO/N=C\C(=O)Nc2ccc(C)cc2C)cc1F. The van der Waals surface area contributed by atoms with Gasteiger partial charge in [-0.05, 0) is 43.2 Å². The van der Waals surface area contributed by atoms with Crippen LogP contribution in [0.1, 0.15) is 16.7 Å². The standard InChI is InChI=1S/C18H19FN2O3/c1-12-4-6-16(13(2)8-12)21-18(22)10-20-24-11-14-5-7-17(23-3)15(19)9-14/h4-10H,11H2,1-3H3,(H,21,22)/b20-10-. The van der Waals surface area contributed by atoms with E-state index in [0.717, 1.165) is 17.3 Å². The summed E-state index contributed by atoms with van der Waals surface area (Å²) in [5.41, 5.74) is 3.38. The molecular weight excluding hydrogens is 311 g/mol. The van der Waals surface area contributed by atoms with E-state index in [1.807, 2.05) is 32.0 Å². The summed E-state index contributed by atoms with van der Waals surface area (Å²) in [6.45, 7) is 3.94. The van der Waals surface area contributed by atoms with Crippen molar-refractivity contribution in [2.75, 3.05) is 12.4 Å². The molecule has 0 fully saturated rings. The van der Waals surface area contributed by atoms with E-state index in [-0.39, 0.29) is 12.4 Å². The molecule has 0 unspecified atom stereocenters. The molecule has 0 saturated heterocycles. The summed E-state index contributed by atoms with van der Waals surface area (Å²) in [4.78, 5) is 16.8. The van der Waals surface area contributed by atoms with Crippen LogP contribution in [0, 0.1) is 19.7 Å². The van der Waals surface area contributed by atoms with Crippen LogP contribution in [-0.4, -0.2) is 19.2 Å². The first-order valence-electron chi connectivity index (χ1n) is 7.35. The summed E-state index contributed by atoms with van der Waals surface area (Å²) in [6, 6.07) is 10.2. The van der Waals surface area contributed by atoms with Crippen LogP contribution in [0.3, 0.4) is 0 Å². The average Bonchev–Trinajstić information content (AvgIpc) is 2.54. The molecule has 5 nitrogen and oxygen atoms in total. The van der Waals surface area contributed by atoms with E-state index in [2.05, 4.69) is 10.5 Å². The van der Waals surface area contributed by atoms with E-state index in [1.54, 1.807) is 6.07 Å². The number of methoxy groups -OCH3 is 1. The number of rotatable bonds is 6. The fourth-order valence-corrected chi connectivity index (χ4v) is 2.12. The van der Waals surface area contributed by atoms with Crippen LogP contribution in [0.2, 0.25) is 0 Å². The van der Waals surface area contributed by atoms with Gasteiger partial charge in [0.2, 0.25) is 0 Å². The van der Waals surface area contributed by atoms with Crippen LogP contribution < -0.4 is 10.1 Å². The number of oxime groups is 1. The van der Waals surface area contributed by atoms with E-state index >= 15 is 0 Å². The number of halogens is 1. The van der Waals surface area contributed by atoms with Crippen molar-refractivity contribution >= 4 is 17.8 Å². The highest BCUT2D eigenvalue weighted by Crippen LogP contribution is 2.18. The number of benzene rings is 2. The van der Waals surface area contributed by atoms with Crippen LogP contribution >= 0.6 is 0 Å². The van der Waals surface area contributed by atoms with Crippen LogP contribution in [0.5, 0.6) is 5.75 Å². The van der Waals surface area contributed by atoms with Gasteiger partial charge in [-0.15, -0.1) is 0 Å². The number of aryl methyl sites for hydroxylation is 2. The van der Waals surface area contributed by atoms with Crippen LogP contribution in [0.25, 0.3) is 0 Å². The molecule has 2 aromatic carbocycles. The molecule has 1 amide bonds. The molecule has 1 N–H and O–H groups in total. The summed E-state index contributed by atoms with van der Waals surface area (Å²) in [5.74, 6) is -0.715. The summed E-state index contributed by atoms with van der Waals surface area (Å²) >= 11 is 0. The predicted octanol–water partition coefficient (Wildman–Crippen LogP) is 3.59. The van der Waals surface area contributed by atoms with Gasteiger partial charge in [0.25, 0.3) is 5.91 Å². The largest absolute Gasteiger partial charge is 0.494 e. The molecule has 2 rings (SSSR count). The zero-order valence-corrected chi connectivity index (χ0v) is 13.8. The van der Waals surface area contributed by atoms with Gasteiger partial charge in [0.15, 0.2) is 11.6 Å². The highest BCUT2D eigenvalue weighted by molar-refractivity contribution is 6.31. The third-order valence-electron chi connectivity index (χ3n) is 3.33. The number of carbonyl (C=O) groups is 1. The first kappa shape index (κ1) is 17.5. The first-order chi connectivity index (χ1) is 11.5. The van der Waals surface area contributed by atoms with Crippen molar-refractivity contribution in [1.29, 1.82) is 0 Å². The Morgan fingerprint density at radius 2 is 2.04 bits per heavy atom. The minimum absolute atomic E-state index is 0.0499.